The van der Waals surface area contributed by atoms with E-state index in [9.17, 15) is 18.0 Å². The summed E-state index contributed by atoms with van der Waals surface area (Å²) in [5.41, 5.74) is 1.76. The van der Waals surface area contributed by atoms with Gasteiger partial charge in [0.1, 0.15) is 0 Å². The summed E-state index contributed by atoms with van der Waals surface area (Å²) in [6.45, 7) is 1.13. The van der Waals surface area contributed by atoms with Gasteiger partial charge < -0.3 is 14.4 Å². The molecule has 2 aliphatic rings. The molecule has 0 saturated carbocycles. The lowest BCUT2D eigenvalue weighted by Gasteiger charge is -2.26. The molecule has 2 aromatic carbocycles. The molecular weight excluding hydrogens is 444 g/mol. The topological polar surface area (TPSA) is 93.2 Å². The molecule has 0 atom stereocenters. The second kappa shape index (κ2) is 8.96. The summed E-state index contributed by atoms with van der Waals surface area (Å²) >= 11 is 6.11. The van der Waals surface area contributed by atoms with Crippen molar-refractivity contribution in [2.24, 2.45) is 0 Å². The fourth-order valence-corrected chi connectivity index (χ4v) is 5.27. The van der Waals surface area contributed by atoms with Gasteiger partial charge in [-0.05, 0) is 36.2 Å². The van der Waals surface area contributed by atoms with Gasteiger partial charge in [-0.1, -0.05) is 29.8 Å². The lowest BCUT2D eigenvalue weighted by molar-refractivity contribution is -0.121. The van der Waals surface area contributed by atoms with E-state index in [-0.39, 0.29) is 34.5 Å². The van der Waals surface area contributed by atoms with Crippen LogP contribution >= 0.6 is 11.6 Å². The van der Waals surface area contributed by atoms with E-state index in [4.69, 9.17) is 21.1 Å². The van der Waals surface area contributed by atoms with Crippen LogP contribution in [0, 0.1) is 0 Å². The van der Waals surface area contributed by atoms with Gasteiger partial charge in [-0.15, -0.1) is 0 Å². The molecule has 0 N–H and O–H groups in total. The van der Waals surface area contributed by atoms with Gasteiger partial charge >= 0.3 is 5.97 Å². The molecule has 0 spiro atoms. The van der Waals surface area contributed by atoms with Gasteiger partial charge in [0, 0.05) is 25.3 Å². The van der Waals surface area contributed by atoms with E-state index in [1.54, 1.807) is 4.90 Å². The number of para-hydroxylation sites is 1. The van der Waals surface area contributed by atoms with Gasteiger partial charge in [-0.3, -0.25) is 4.79 Å². The van der Waals surface area contributed by atoms with Crippen molar-refractivity contribution in [2.75, 3.05) is 44.4 Å². The van der Waals surface area contributed by atoms with Crippen LogP contribution in [0.4, 0.5) is 5.69 Å². The molecule has 10 heteroatoms. The fourth-order valence-electron chi connectivity index (χ4n) is 3.64. The zero-order chi connectivity index (χ0) is 22.0. The van der Waals surface area contributed by atoms with Crippen molar-refractivity contribution in [3.05, 3.63) is 58.6 Å². The van der Waals surface area contributed by atoms with Crippen LogP contribution in [0.3, 0.4) is 0 Å². The Balaban J connectivity index is 1.46. The van der Waals surface area contributed by atoms with Crippen molar-refractivity contribution in [2.45, 2.75) is 11.3 Å². The van der Waals surface area contributed by atoms with Crippen molar-refractivity contribution >= 4 is 39.2 Å². The third kappa shape index (κ3) is 4.45. The number of halogens is 1. The van der Waals surface area contributed by atoms with Crippen molar-refractivity contribution in [1.82, 2.24) is 4.31 Å². The summed E-state index contributed by atoms with van der Waals surface area (Å²) in [6, 6.07) is 11.4. The predicted octanol–water partition coefficient (Wildman–Crippen LogP) is 2.11. The molecule has 4 rings (SSSR count). The summed E-state index contributed by atoms with van der Waals surface area (Å²) in [4.78, 5) is 26.7. The number of hydrogen-bond donors (Lipinski definition) is 0. The van der Waals surface area contributed by atoms with Crippen LogP contribution in [0.15, 0.2) is 47.4 Å². The smallest absolute Gasteiger partial charge is 0.340 e. The molecule has 0 aliphatic carbocycles. The first-order valence-electron chi connectivity index (χ1n) is 9.81. The molecule has 0 unspecified atom stereocenters. The minimum atomic E-state index is -3.80. The molecule has 2 aromatic rings. The number of ether oxygens (including phenoxy) is 2. The quantitative estimate of drug-likeness (QED) is 0.629. The van der Waals surface area contributed by atoms with Crippen molar-refractivity contribution in [3.63, 3.8) is 0 Å². The standard InChI is InChI=1S/C21H21ClN2O6S/c22-18-6-5-16(31(27,28)23-9-11-29-12-10-23)13-17(18)21(26)30-14-20(25)24-8-7-15-3-1-2-4-19(15)24/h1-6,13H,7-12,14H2. The second-order valence-electron chi connectivity index (χ2n) is 7.16. The van der Waals surface area contributed by atoms with Crippen LogP contribution < -0.4 is 4.90 Å². The van der Waals surface area contributed by atoms with Gasteiger partial charge in [-0.25, -0.2) is 13.2 Å². The number of carbonyl (C=O) groups is 2. The average molecular weight is 465 g/mol. The number of esters is 1. The first-order valence-corrected chi connectivity index (χ1v) is 11.6. The number of hydrogen-bond acceptors (Lipinski definition) is 6. The summed E-state index contributed by atoms with van der Waals surface area (Å²) in [5, 5.41) is 0.0462. The Kier molecular flexibility index (Phi) is 6.29. The van der Waals surface area contributed by atoms with Crippen LogP contribution in [0.25, 0.3) is 0 Å². The van der Waals surface area contributed by atoms with E-state index in [0.29, 0.717) is 19.8 Å². The Hall–Kier alpha value is -2.46. The molecule has 1 amide bonds. The second-order valence-corrected chi connectivity index (χ2v) is 9.50. The lowest BCUT2D eigenvalue weighted by atomic mass is 10.2. The van der Waals surface area contributed by atoms with E-state index in [2.05, 4.69) is 0 Å². The largest absolute Gasteiger partial charge is 0.452 e. The Morgan fingerprint density at radius 3 is 2.58 bits per heavy atom. The van der Waals surface area contributed by atoms with E-state index < -0.39 is 22.6 Å². The Morgan fingerprint density at radius 1 is 1.06 bits per heavy atom. The van der Waals surface area contributed by atoms with Crippen LogP contribution in [-0.2, 0) is 30.7 Å². The zero-order valence-electron chi connectivity index (χ0n) is 16.6. The Bertz CT molecular complexity index is 1110. The minimum absolute atomic E-state index is 0.0462. The zero-order valence-corrected chi connectivity index (χ0v) is 18.2. The van der Waals surface area contributed by atoms with Crippen LogP contribution in [0.2, 0.25) is 5.02 Å². The summed E-state index contributed by atoms with van der Waals surface area (Å²) in [7, 11) is -3.80. The molecule has 164 valence electrons. The maximum absolute atomic E-state index is 12.8. The average Bonchev–Trinajstić information content (AvgIpc) is 3.22. The number of carbonyl (C=O) groups excluding carboxylic acids is 2. The Morgan fingerprint density at radius 2 is 1.81 bits per heavy atom. The van der Waals surface area contributed by atoms with E-state index in [1.165, 1.54) is 22.5 Å². The number of nitrogens with zero attached hydrogens (tertiary/aromatic N) is 2. The SMILES string of the molecule is O=C(OCC(=O)N1CCc2ccccc21)c1cc(S(=O)(=O)N2CCOCC2)ccc1Cl. The van der Waals surface area contributed by atoms with E-state index in [1.807, 2.05) is 24.3 Å². The molecule has 2 heterocycles. The monoisotopic (exact) mass is 464 g/mol. The van der Waals surface area contributed by atoms with Gasteiger partial charge in [0.2, 0.25) is 10.0 Å². The van der Waals surface area contributed by atoms with Gasteiger partial charge in [0.25, 0.3) is 5.91 Å². The number of fused-ring (bicyclic) bond motifs is 1. The third-order valence-electron chi connectivity index (χ3n) is 5.28. The highest BCUT2D eigenvalue weighted by atomic mass is 35.5. The molecule has 1 saturated heterocycles. The molecule has 0 bridgehead atoms. The van der Waals surface area contributed by atoms with Gasteiger partial charge in [0.05, 0.1) is 28.7 Å². The fraction of sp³-hybridized carbons (Fsp3) is 0.333. The molecule has 2 aliphatic heterocycles. The molecule has 0 aromatic heterocycles. The number of anilines is 1. The number of benzene rings is 2. The van der Waals surface area contributed by atoms with Gasteiger partial charge in [0.15, 0.2) is 6.61 Å². The van der Waals surface area contributed by atoms with Crippen molar-refractivity contribution in [3.8, 4) is 0 Å². The number of morpholine rings is 1. The summed E-state index contributed by atoms with van der Waals surface area (Å²) < 4.78 is 37.3. The maximum Gasteiger partial charge on any atom is 0.340 e. The number of sulfonamides is 1. The van der Waals surface area contributed by atoms with E-state index >= 15 is 0 Å². The van der Waals surface area contributed by atoms with Crippen LogP contribution in [0.5, 0.6) is 0 Å². The van der Waals surface area contributed by atoms with Gasteiger partial charge in [-0.2, -0.15) is 4.31 Å². The molecular formula is C21H21ClN2O6S. The van der Waals surface area contributed by atoms with Crippen molar-refractivity contribution < 1.29 is 27.5 Å². The summed E-state index contributed by atoms with van der Waals surface area (Å²) in [6.07, 6.45) is 0.739. The Labute approximate surface area is 185 Å². The highest BCUT2D eigenvalue weighted by Gasteiger charge is 2.29. The molecule has 0 radical (unpaired) electrons. The predicted molar refractivity (Wildman–Crippen MR) is 114 cm³/mol. The lowest BCUT2D eigenvalue weighted by Crippen LogP contribution is -2.40. The summed E-state index contributed by atoms with van der Waals surface area (Å²) in [5.74, 6) is -1.21. The minimum Gasteiger partial charge on any atom is -0.452 e. The van der Waals surface area contributed by atoms with E-state index in [0.717, 1.165) is 17.7 Å². The van der Waals surface area contributed by atoms with Crippen LogP contribution in [-0.4, -0.2) is 64.1 Å². The van der Waals surface area contributed by atoms with Crippen LogP contribution in [0.1, 0.15) is 15.9 Å². The number of rotatable bonds is 5. The first kappa shape index (κ1) is 21.8. The molecule has 1 fully saturated rings. The highest BCUT2D eigenvalue weighted by molar-refractivity contribution is 7.89. The third-order valence-corrected chi connectivity index (χ3v) is 7.50. The molecule has 8 nitrogen and oxygen atoms in total. The number of amides is 1. The highest BCUT2D eigenvalue weighted by Crippen LogP contribution is 2.28. The first-order chi connectivity index (χ1) is 14.9. The maximum atomic E-state index is 12.8. The molecule has 31 heavy (non-hydrogen) atoms. The van der Waals surface area contributed by atoms with Crippen molar-refractivity contribution in [1.29, 1.82) is 0 Å². The normalized spacial score (nSPS) is 16.7.